The summed E-state index contributed by atoms with van der Waals surface area (Å²) in [6.45, 7) is 2.47. The maximum absolute atomic E-state index is 13.9. The van der Waals surface area contributed by atoms with Crippen molar-refractivity contribution in [1.82, 2.24) is 26.8 Å². The first kappa shape index (κ1) is 45.1. The number of nitrogens with one attached hydrogen (secondary N) is 5. The van der Waals surface area contributed by atoms with Gasteiger partial charge in [0.1, 0.15) is 18.2 Å². The second-order valence-electron chi connectivity index (χ2n) is 14.7. The molecule has 2 atom stereocenters. The highest BCUT2D eigenvalue weighted by atomic mass is 16.5. The van der Waals surface area contributed by atoms with Gasteiger partial charge in [0.25, 0.3) is 5.91 Å². The zero-order chi connectivity index (χ0) is 44.8. The average molecular weight is 853 g/mol. The summed E-state index contributed by atoms with van der Waals surface area (Å²) in [5.41, 5.74) is 15.1. The number of amides is 5. The lowest BCUT2D eigenvalue weighted by Crippen LogP contribution is -2.61. The van der Waals surface area contributed by atoms with Gasteiger partial charge in [-0.15, -0.1) is 6.58 Å². The van der Waals surface area contributed by atoms with Crippen LogP contribution in [0.1, 0.15) is 53.0 Å². The Morgan fingerprint density at radius 2 is 1.24 bits per heavy atom. The number of imide groups is 1. The lowest BCUT2D eigenvalue weighted by Gasteiger charge is -2.37. The lowest BCUT2D eigenvalue weighted by molar-refractivity contribution is -0.151. The molecule has 1 aliphatic rings. The molecule has 6 rings (SSSR count). The summed E-state index contributed by atoms with van der Waals surface area (Å²) >= 11 is 0. The third kappa shape index (κ3) is 10.9. The van der Waals surface area contributed by atoms with Crippen LogP contribution in [0.3, 0.4) is 0 Å². The van der Waals surface area contributed by atoms with Crippen molar-refractivity contribution in [3.63, 3.8) is 0 Å². The second kappa shape index (κ2) is 20.9. The number of rotatable bonds is 20. The minimum Gasteiger partial charge on any atom is -0.481 e. The topological polar surface area (TPSA) is 227 Å². The van der Waals surface area contributed by atoms with Gasteiger partial charge in [-0.25, -0.2) is 10.2 Å². The van der Waals surface area contributed by atoms with E-state index in [0.29, 0.717) is 0 Å². The van der Waals surface area contributed by atoms with Crippen LogP contribution in [-0.4, -0.2) is 72.3 Å². The number of nitrogens with two attached hydrogens (primary N) is 1. The first-order chi connectivity index (χ1) is 30.4. The van der Waals surface area contributed by atoms with Crippen LogP contribution >= 0.6 is 0 Å². The Morgan fingerprint density at radius 3 is 1.75 bits per heavy atom. The van der Waals surface area contributed by atoms with Gasteiger partial charge in [-0.05, 0) is 38.9 Å². The van der Waals surface area contributed by atoms with Crippen LogP contribution in [0.15, 0.2) is 152 Å². The quantitative estimate of drug-likeness (QED) is 0.0252. The lowest BCUT2D eigenvalue weighted by atomic mass is 9.77. The molecular formula is C48H48N6O9. The minimum absolute atomic E-state index is 0.0620. The number of carbonyl (C=O) groups excluding carboxylic acids is 5. The van der Waals surface area contributed by atoms with Crippen molar-refractivity contribution >= 4 is 35.7 Å². The molecule has 8 N–H and O–H groups in total. The standard InChI is InChI=1S/C48H48N6O9/c1-2-28-63-47(49,27-26-43(57)58)45(60)51-40(29-41(55)53-54-48(32-16-6-3-7-17-32,33-18-8-4-9-19-33)34-20-10-5-11-21-34)44(59)50-30-42(56)52-46(61)62-31-39-37-24-14-12-22-35(37)36-23-13-15-25-38(36)39/h2-25,39-40,54H,1,26-31,49H2,(H,50,59)(H,51,60)(H,53,55)(H,57,58)(H,52,56,61)/t40-,47-/m1/s1. The summed E-state index contributed by atoms with van der Waals surface area (Å²) in [5.74, 6) is -5.36. The normalized spacial score (nSPS) is 13.2. The number of carbonyl (C=O) groups is 6. The third-order valence-corrected chi connectivity index (χ3v) is 10.6. The smallest absolute Gasteiger partial charge is 0.413 e. The number of aliphatic carboxylic acids is 1. The molecule has 1 aliphatic carbocycles. The van der Waals surface area contributed by atoms with E-state index in [4.69, 9.17) is 15.2 Å². The van der Waals surface area contributed by atoms with Gasteiger partial charge < -0.3 is 25.2 Å². The highest BCUT2D eigenvalue weighted by Crippen LogP contribution is 2.44. The number of ether oxygens (including phenoxy) is 2. The van der Waals surface area contributed by atoms with E-state index in [-0.39, 0.29) is 19.1 Å². The molecule has 0 unspecified atom stereocenters. The third-order valence-electron chi connectivity index (χ3n) is 10.6. The molecule has 0 aliphatic heterocycles. The maximum Gasteiger partial charge on any atom is 0.413 e. The molecule has 324 valence electrons. The van der Waals surface area contributed by atoms with E-state index in [1.807, 2.05) is 140 Å². The molecule has 0 aromatic heterocycles. The summed E-state index contributed by atoms with van der Waals surface area (Å²) < 4.78 is 10.9. The largest absolute Gasteiger partial charge is 0.481 e. The zero-order valence-electron chi connectivity index (χ0n) is 34.3. The Kier molecular flexibility index (Phi) is 14.9. The molecule has 0 spiro atoms. The summed E-state index contributed by atoms with van der Waals surface area (Å²) in [7, 11) is 0. The molecular weight excluding hydrogens is 805 g/mol. The fraction of sp³-hybridized carbons (Fsp3) is 0.208. The molecule has 0 heterocycles. The van der Waals surface area contributed by atoms with Gasteiger partial charge in [0, 0.05) is 18.8 Å². The van der Waals surface area contributed by atoms with E-state index < -0.39 is 78.8 Å². The van der Waals surface area contributed by atoms with Crippen molar-refractivity contribution in [3.05, 3.63) is 180 Å². The first-order valence-electron chi connectivity index (χ1n) is 20.2. The zero-order valence-corrected chi connectivity index (χ0v) is 34.3. The summed E-state index contributed by atoms with van der Waals surface area (Å²) in [6, 6.07) is 41.9. The molecule has 15 heteroatoms. The highest BCUT2D eigenvalue weighted by Gasteiger charge is 2.40. The molecule has 5 aromatic rings. The fourth-order valence-corrected chi connectivity index (χ4v) is 7.51. The van der Waals surface area contributed by atoms with Crippen LogP contribution in [0.5, 0.6) is 0 Å². The number of hydrazine groups is 1. The average Bonchev–Trinajstić information content (AvgIpc) is 3.63. The van der Waals surface area contributed by atoms with Crippen molar-refractivity contribution in [3.8, 4) is 11.1 Å². The van der Waals surface area contributed by atoms with Crippen molar-refractivity contribution in [1.29, 1.82) is 0 Å². The summed E-state index contributed by atoms with van der Waals surface area (Å²) in [5, 5.41) is 16.2. The number of fused-ring (bicyclic) bond motifs is 3. The van der Waals surface area contributed by atoms with Crippen LogP contribution in [0, 0.1) is 0 Å². The maximum atomic E-state index is 13.9. The summed E-state index contributed by atoms with van der Waals surface area (Å²) in [6.07, 6.45) is -1.52. The Morgan fingerprint density at radius 1 is 0.730 bits per heavy atom. The van der Waals surface area contributed by atoms with Crippen LogP contribution in [0.4, 0.5) is 4.79 Å². The number of hydrogen-bond donors (Lipinski definition) is 7. The van der Waals surface area contributed by atoms with E-state index in [1.54, 1.807) is 0 Å². The van der Waals surface area contributed by atoms with Crippen molar-refractivity contribution < 1.29 is 43.3 Å². The SMILES string of the molecule is C=CCO[C@](N)(CCC(=O)O)C(=O)N[C@H](CC(=O)NNC(c1ccccc1)(c1ccccc1)c1ccccc1)C(=O)NCC(=O)NC(=O)OCC1c2ccccc2-c2ccccc21. The Bertz CT molecular complexity index is 2290. The molecule has 0 bridgehead atoms. The monoisotopic (exact) mass is 852 g/mol. The second-order valence-corrected chi connectivity index (χ2v) is 14.7. The van der Waals surface area contributed by atoms with Gasteiger partial charge in [0.2, 0.25) is 17.7 Å². The van der Waals surface area contributed by atoms with Crippen LogP contribution in [-0.2, 0) is 39.0 Å². The Balaban J connectivity index is 1.17. The first-order valence-corrected chi connectivity index (χ1v) is 20.2. The van der Waals surface area contributed by atoms with E-state index in [1.165, 1.54) is 6.08 Å². The van der Waals surface area contributed by atoms with Gasteiger partial charge in [-0.3, -0.25) is 40.4 Å². The highest BCUT2D eigenvalue weighted by molar-refractivity contribution is 5.98. The van der Waals surface area contributed by atoms with Gasteiger partial charge in [-0.2, -0.15) is 0 Å². The summed E-state index contributed by atoms with van der Waals surface area (Å²) in [4.78, 5) is 78.7. The predicted molar refractivity (Wildman–Crippen MR) is 233 cm³/mol. The van der Waals surface area contributed by atoms with Gasteiger partial charge in [0.05, 0.1) is 19.6 Å². The molecule has 0 radical (unpaired) electrons. The van der Waals surface area contributed by atoms with Gasteiger partial charge >= 0.3 is 12.1 Å². The van der Waals surface area contributed by atoms with Gasteiger partial charge in [-0.1, -0.05) is 146 Å². The fourth-order valence-electron chi connectivity index (χ4n) is 7.51. The number of alkyl carbamates (subject to hydrolysis) is 1. The van der Waals surface area contributed by atoms with E-state index in [2.05, 4.69) is 33.4 Å². The number of hydrogen-bond acceptors (Lipinski definition) is 10. The molecule has 15 nitrogen and oxygen atoms in total. The van der Waals surface area contributed by atoms with E-state index in [0.717, 1.165) is 38.9 Å². The van der Waals surface area contributed by atoms with Crippen LogP contribution < -0.4 is 32.5 Å². The Hall–Kier alpha value is -7.46. The van der Waals surface area contributed by atoms with Crippen molar-refractivity contribution in [2.45, 2.75) is 42.5 Å². The molecule has 5 amide bonds. The predicted octanol–water partition coefficient (Wildman–Crippen LogP) is 4.38. The number of carboxylic acid groups (broad SMARTS) is 1. The molecule has 0 fully saturated rings. The number of benzene rings is 5. The molecule has 0 saturated heterocycles. The molecule has 5 aromatic carbocycles. The Labute approximate surface area is 364 Å². The van der Waals surface area contributed by atoms with E-state index in [9.17, 15) is 33.9 Å². The molecule has 0 saturated carbocycles. The van der Waals surface area contributed by atoms with E-state index >= 15 is 0 Å². The van der Waals surface area contributed by atoms with Crippen LogP contribution in [0.25, 0.3) is 11.1 Å². The van der Waals surface area contributed by atoms with Crippen molar-refractivity contribution in [2.24, 2.45) is 5.73 Å². The van der Waals surface area contributed by atoms with Crippen LogP contribution in [0.2, 0.25) is 0 Å². The van der Waals surface area contributed by atoms with Gasteiger partial charge in [0.15, 0.2) is 5.72 Å². The minimum atomic E-state index is -2.26. The number of carboxylic acids is 1. The molecule has 63 heavy (non-hydrogen) atoms. The van der Waals surface area contributed by atoms with Crippen molar-refractivity contribution in [2.75, 3.05) is 19.8 Å².